The summed E-state index contributed by atoms with van der Waals surface area (Å²) >= 11 is 3.29. The molecule has 1 rings (SSSR count). The number of anilines is 1. The van der Waals surface area contributed by atoms with Gasteiger partial charge in [-0.3, -0.25) is 0 Å². The van der Waals surface area contributed by atoms with E-state index >= 15 is 0 Å². The van der Waals surface area contributed by atoms with Gasteiger partial charge in [-0.2, -0.15) is 5.26 Å². The van der Waals surface area contributed by atoms with Crippen molar-refractivity contribution in [3.63, 3.8) is 0 Å². The number of halogens is 1. The third-order valence-corrected chi connectivity index (χ3v) is 3.47. The molecule has 5 heteroatoms. The van der Waals surface area contributed by atoms with Crippen LogP contribution in [-0.4, -0.2) is 29.0 Å². The summed E-state index contributed by atoms with van der Waals surface area (Å²) in [6.45, 7) is 1.47. The minimum atomic E-state index is -0.799. The molecule has 0 saturated heterocycles. The Hall–Kier alpha value is -1.09. The fraction of sp³-hybridized carbons (Fsp3) is 0.417. The van der Waals surface area contributed by atoms with Crippen LogP contribution in [0.5, 0.6) is 0 Å². The summed E-state index contributed by atoms with van der Waals surface area (Å²) < 4.78 is 0.686. The Morgan fingerprint density at radius 2 is 2.06 bits per heavy atom. The van der Waals surface area contributed by atoms with E-state index in [0.717, 1.165) is 0 Å². The van der Waals surface area contributed by atoms with Crippen LogP contribution in [0.4, 0.5) is 5.69 Å². The second kappa shape index (κ2) is 6.01. The fourth-order valence-corrected chi connectivity index (χ4v) is 1.92. The lowest BCUT2D eigenvalue weighted by atomic mass is 9.97. The van der Waals surface area contributed by atoms with Crippen LogP contribution in [-0.2, 0) is 0 Å². The molecular formula is C12H15BrN2O2. The molecule has 0 amide bonds. The number of benzene rings is 1. The average Bonchev–Trinajstić information content (AvgIpc) is 2.36. The van der Waals surface area contributed by atoms with Gasteiger partial charge in [-0.15, -0.1) is 0 Å². The number of nitriles is 1. The molecule has 0 aliphatic rings. The van der Waals surface area contributed by atoms with E-state index in [-0.39, 0.29) is 13.2 Å². The molecule has 3 N–H and O–H groups in total. The summed E-state index contributed by atoms with van der Waals surface area (Å²) in [5.41, 5.74) is 0.269. The zero-order valence-corrected chi connectivity index (χ0v) is 11.2. The fourth-order valence-electron chi connectivity index (χ4n) is 1.47. The molecule has 1 aromatic rings. The molecule has 92 valence electrons. The van der Waals surface area contributed by atoms with Gasteiger partial charge >= 0.3 is 0 Å². The van der Waals surface area contributed by atoms with Gasteiger partial charge in [0, 0.05) is 4.47 Å². The van der Waals surface area contributed by atoms with E-state index in [0.29, 0.717) is 22.1 Å². The molecule has 1 aromatic carbocycles. The highest BCUT2D eigenvalue weighted by molar-refractivity contribution is 9.10. The van der Waals surface area contributed by atoms with Gasteiger partial charge in [0.2, 0.25) is 0 Å². The van der Waals surface area contributed by atoms with Gasteiger partial charge in [-0.05, 0) is 34.5 Å². The van der Waals surface area contributed by atoms with Crippen LogP contribution in [0.15, 0.2) is 22.7 Å². The van der Waals surface area contributed by atoms with Crippen LogP contribution >= 0.6 is 15.9 Å². The van der Waals surface area contributed by atoms with Crippen molar-refractivity contribution in [3.05, 3.63) is 28.2 Å². The van der Waals surface area contributed by atoms with Crippen molar-refractivity contribution in [2.24, 2.45) is 0 Å². The SMILES string of the molecule is CCC(CO)(CO)Nc1cccc(Br)c1C#N. The van der Waals surface area contributed by atoms with E-state index in [1.807, 2.05) is 6.92 Å². The zero-order valence-electron chi connectivity index (χ0n) is 9.57. The van der Waals surface area contributed by atoms with Crippen LogP contribution in [0.2, 0.25) is 0 Å². The van der Waals surface area contributed by atoms with Gasteiger partial charge in [-0.25, -0.2) is 0 Å². The molecule has 4 nitrogen and oxygen atoms in total. The van der Waals surface area contributed by atoms with Gasteiger partial charge in [0.25, 0.3) is 0 Å². The van der Waals surface area contributed by atoms with Crippen molar-refractivity contribution < 1.29 is 10.2 Å². The Balaban J connectivity index is 3.10. The first-order chi connectivity index (χ1) is 8.12. The topological polar surface area (TPSA) is 76.3 Å². The lowest BCUT2D eigenvalue weighted by molar-refractivity contribution is 0.132. The predicted octanol–water partition coefficient (Wildman–Crippen LogP) is 1.87. The van der Waals surface area contributed by atoms with Crippen molar-refractivity contribution in [2.45, 2.75) is 18.9 Å². The number of nitrogens with zero attached hydrogens (tertiary/aromatic N) is 1. The summed E-state index contributed by atoms with van der Waals surface area (Å²) in [5, 5.41) is 30.8. The Kier molecular flexibility index (Phi) is 4.94. The Bertz CT molecular complexity index is 417. The summed E-state index contributed by atoms with van der Waals surface area (Å²) in [4.78, 5) is 0. The van der Waals surface area contributed by atoms with Crippen LogP contribution < -0.4 is 5.32 Å². The molecule has 0 aliphatic heterocycles. The minimum Gasteiger partial charge on any atom is -0.394 e. The maximum atomic E-state index is 9.35. The summed E-state index contributed by atoms with van der Waals surface area (Å²) in [6.07, 6.45) is 0.553. The van der Waals surface area contributed by atoms with E-state index in [4.69, 9.17) is 5.26 Å². The second-order valence-corrected chi connectivity index (χ2v) is 4.70. The first kappa shape index (κ1) is 14.0. The van der Waals surface area contributed by atoms with Crippen molar-refractivity contribution in [3.8, 4) is 6.07 Å². The Morgan fingerprint density at radius 1 is 1.41 bits per heavy atom. The lowest BCUT2D eigenvalue weighted by Crippen LogP contribution is -2.45. The van der Waals surface area contributed by atoms with Crippen LogP contribution in [0.25, 0.3) is 0 Å². The smallest absolute Gasteiger partial charge is 0.103 e. The summed E-state index contributed by atoms with van der Waals surface area (Å²) in [5.74, 6) is 0. The highest BCUT2D eigenvalue weighted by atomic mass is 79.9. The van der Waals surface area contributed by atoms with E-state index in [2.05, 4.69) is 27.3 Å². The molecular weight excluding hydrogens is 284 g/mol. The number of nitrogens with one attached hydrogen (secondary N) is 1. The van der Waals surface area contributed by atoms with Crippen LogP contribution in [0, 0.1) is 11.3 Å². The number of hydrogen-bond donors (Lipinski definition) is 3. The standard InChI is InChI=1S/C12H15BrN2O2/c1-2-12(7-16,8-17)15-11-5-3-4-10(13)9(11)6-14/h3-5,15-17H,2,7-8H2,1H3. The quantitative estimate of drug-likeness (QED) is 0.776. The summed E-state index contributed by atoms with van der Waals surface area (Å²) in [7, 11) is 0. The Labute approximate surface area is 109 Å². The number of aliphatic hydroxyl groups is 2. The third-order valence-electron chi connectivity index (χ3n) is 2.81. The highest BCUT2D eigenvalue weighted by Crippen LogP contribution is 2.27. The van der Waals surface area contributed by atoms with Crippen molar-refractivity contribution in [2.75, 3.05) is 18.5 Å². The van der Waals surface area contributed by atoms with Crippen molar-refractivity contribution >= 4 is 21.6 Å². The molecule has 0 fully saturated rings. The Morgan fingerprint density at radius 3 is 2.53 bits per heavy atom. The van der Waals surface area contributed by atoms with E-state index in [1.54, 1.807) is 18.2 Å². The third kappa shape index (κ3) is 2.97. The molecule has 17 heavy (non-hydrogen) atoms. The van der Waals surface area contributed by atoms with E-state index in [1.165, 1.54) is 0 Å². The summed E-state index contributed by atoms with van der Waals surface area (Å²) in [6, 6.07) is 7.40. The molecule has 0 radical (unpaired) electrons. The predicted molar refractivity (Wildman–Crippen MR) is 69.7 cm³/mol. The van der Waals surface area contributed by atoms with Crippen LogP contribution in [0.1, 0.15) is 18.9 Å². The monoisotopic (exact) mass is 298 g/mol. The molecule has 0 heterocycles. The second-order valence-electron chi connectivity index (χ2n) is 3.85. The van der Waals surface area contributed by atoms with Crippen LogP contribution in [0.3, 0.4) is 0 Å². The first-order valence-electron chi connectivity index (χ1n) is 5.31. The van der Waals surface area contributed by atoms with Gasteiger partial charge in [-0.1, -0.05) is 13.0 Å². The van der Waals surface area contributed by atoms with Gasteiger partial charge in [0.15, 0.2) is 0 Å². The molecule has 0 aromatic heterocycles. The lowest BCUT2D eigenvalue weighted by Gasteiger charge is -2.31. The van der Waals surface area contributed by atoms with E-state index < -0.39 is 5.54 Å². The van der Waals surface area contributed by atoms with E-state index in [9.17, 15) is 10.2 Å². The molecule has 0 spiro atoms. The maximum Gasteiger partial charge on any atom is 0.103 e. The number of aliphatic hydroxyl groups excluding tert-OH is 2. The zero-order chi connectivity index (χ0) is 12.9. The average molecular weight is 299 g/mol. The molecule has 0 saturated carbocycles. The first-order valence-corrected chi connectivity index (χ1v) is 6.10. The highest BCUT2D eigenvalue weighted by Gasteiger charge is 2.27. The van der Waals surface area contributed by atoms with Crippen molar-refractivity contribution in [1.82, 2.24) is 0 Å². The molecule has 0 atom stereocenters. The maximum absolute atomic E-state index is 9.35. The van der Waals surface area contributed by atoms with Gasteiger partial charge in [0.1, 0.15) is 6.07 Å². The van der Waals surface area contributed by atoms with Gasteiger partial charge in [0.05, 0.1) is 30.0 Å². The normalized spacial score (nSPS) is 11.0. The minimum absolute atomic E-state index is 0.197. The number of rotatable bonds is 5. The largest absolute Gasteiger partial charge is 0.394 e. The molecule has 0 bridgehead atoms. The molecule has 0 unspecified atom stereocenters. The van der Waals surface area contributed by atoms with Gasteiger partial charge < -0.3 is 15.5 Å². The molecule has 0 aliphatic carbocycles. The van der Waals surface area contributed by atoms with Crippen molar-refractivity contribution in [1.29, 1.82) is 5.26 Å². The number of hydrogen-bond acceptors (Lipinski definition) is 4.